The Hall–Kier alpha value is -1.66. The SMILES string of the molecule is CCN(CCC(=O)O)C(C(N)=S)c1cccc(OC)c1. The summed E-state index contributed by atoms with van der Waals surface area (Å²) < 4.78 is 5.20. The quantitative estimate of drug-likeness (QED) is 0.713. The molecule has 1 unspecified atom stereocenters. The van der Waals surface area contributed by atoms with E-state index in [2.05, 4.69) is 0 Å². The van der Waals surface area contributed by atoms with Crippen LogP contribution in [0.1, 0.15) is 24.9 Å². The lowest BCUT2D eigenvalue weighted by atomic mass is 10.0. The molecule has 0 bridgehead atoms. The maximum atomic E-state index is 10.7. The minimum absolute atomic E-state index is 0.0525. The van der Waals surface area contributed by atoms with Gasteiger partial charge in [0, 0.05) is 6.54 Å². The molecule has 0 aliphatic carbocycles. The molecule has 0 aliphatic rings. The number of methoxy groups -OCH3 is 1. The first kappa shape index (κ1) is 16.4. The van der Waals surface area contributed by atoms with Crippen molar-refractivity contribution in [2.45, 2.75) is 19.4 Å². The number of nitrogens with two attached hydrogens (primary N) is 1. The third-order valence-electron chi connectivity index (χ3n) is 3.06. The van der Waals surface area contributed by atoms with Crippen molar-refractivity contribution in [3.05, 3.63) is 29.8 Å². The van der Waals surface area contributed by atoms with E-state index in [1.54, 1.807) is 7.11 Å². The molecule has 0 saturated carbocycles. The number of benzene rings is 1. The van der Waals surface area contributed by atoms with E-state index >= 15 is 0 Å². The van der Waals surface area contributed by atoms with E-state index in [4.69, 9.17) is 27.8 Å². The second-order valence-corrected chi connectivity index (χ2v) is 4.83. The molecule has 110 valence electrons. The van der Waals surface area contributed by atoms with Crippen molar-refractivity contribution in [1.29, 1.82) is 0 Å². The van der Waals surface area contributed by atoms with E-state index in [1.165, 1.54) is 0 Å². The van der Waals surface area contributed by atoms with Crippen LogP contribution in [-0.4, -0.2) is 41.2 Å². The van der Waals surface area contributed by atoms with Gasteiger partial charge in [0.1, 0.15) is 5.75 Å². The molecule has 1 aromatic rings. The minimum atomic E-state index is -0.837. The zero-order valence-electron chi connectivity index (χ0n) is 11.7. The van der Waals surface area contributed by atoms with Crippen LogP contribution in [0.3, 0.4) is 0 Å². The van der Waals surface area contributed by atoms with E-state index in [9.17, 15) is 4.79 Å². The van der Waals surface area contributed by atoms with Crippen molar-refractivity contribution >= 4 is 23.2 Å². The summed E-state index contributed by atoms with van der Waals surface area (Å²) in [6.07, 6.45) is 0.0525. The zero-order valence-corrected chi connectivity index (χ0v) is 12.5. The minimum Gasteiger partial charge on any atom is -0.497 e. The van der Waals surface area contributed by atoms with Crippen LogP contribution in [-0.2, 0) is 4.79 Å². The third kappa shape index (κ3) is 4.47. The van der Waals surface area contributed by atoms with Crippen LogP contribution >= 0.6 is 12.2 Å². The van der Waals surface area contributed by atoms with Crippen molar-refractivity contribution < 1.29 is 14.6 Å². The lowest BCUT2D eigenvalue weighted by Crippen LogP contribution is -2.38. The Kier molecular flexibility index (Phi) is 6.41. The van der Waals surface area contributed by atoms with Crippen molar-refractivity contribution in [1.82, 2.24) is 4.90 Å². The first-order valence-electron chi connectivity index (χ1n) is 6.38. The van der Waals surface area contributed by atoms with E-state index in [0.29, 0.717) is 18.1 Å². The highest BCUT2D eigenvalue weighted by atomic mass is 32.1. The Bertz CT molecular complexity index is 479. The van der Waals surface area contributed by atoms with Gasteiger partial charge in [-0.25, -0.2) is 0 Å². The van der Waals surface area contributed by atoms with E-state index < -0.39 is 5.97 Å². The Morgan fingerprint density at radius 1 is 1.55 bits per heavy atom. The summed E-state index contributed by atoms with van der Waals surface area (Å²) in [6.45, 7) is 3.00. The third-order valence-corrected chi connectivity index (χ3v) is 3.29. The lowest BCUT2D eigenvalue weighted by Gasteiger charge is -2.30. The fraction of sp³-hybridized carbons (Fsp3) is 0.429. The Morgan fingerprint density at radius 3 is 2.75 bits per heavy atom. The summed E-state index contributed by atoms with van der Waals surface area (Å²) in [4.78, 5) is 13.0. The second kappa shape index (κ2) is 7.81. The average molecular weight is 296 g/mol. The smallest absolute Gasteiger partial charge is 0.304 e. The number of rotatable bonds is 8. The first-order chi connectivity index (χ1) is 9.49. The summed E-state index contributed by atoms with van der Waals surface area (Å²) in [5.74, 6) is -0.117. The van der Waals surface area contributed by atoms with Gasteiger partial charge in [-0.2, -0.15) is 0 Å². The molecule has 0 amide bonds. The molecule has 1 atom stereocenters. The van der Waals surface area contributed by atoms with Gasteiger partial charge < -0.3 is 15.6 Å². The summed E-state index contributed by atoms with van der Waals surface area (Å²) in [7, 11) is 1.59. The van der Waals surface area contributed by atoms with Gasteiger partial charge in [0.25, 0.3) is 0 Å². The number of carbonyl (C=O) groups is 1. The fourth-order valence-corrected chi connectivity index (χ4v) is 2.36. The number of hydrogen-bond donors (Lipinski definition) is 2. The second-order valence-electron chi connectivity index (χ2n) is 4.35. The van der Waals surface area contributed by atoms with Crippen LogP contribution < -0.4 is 10.5 Å². The standard InChI is InChI=1S/C14H20N2O3S/c1-3-16(8-7-12(17)18)13(14(15)20)10-5-4-6-11(9-10)19-2/h4-6,9,13H,3,7-8H2,1-2H3,(H2,15,20)(H,17,18). The Balaban J connectivity index is 3.01. The van der Waals surface area contributed by atoms with Gasteiger partial charge in [-0.05, 0) is 24.2 Å². The van der Waals surface area contributed by atoms with Gasteiger partial charge in [0.05, 0.1) is 24.6 Å². The van der Waals surface area contributed by atoms with Crippen LogP contribution in [0.25, 0.3) is 0 Å². The molecule has 1 rings (SSSR count). The van der Waals surface area contributed by atoms with Crippen molar-refractivity contribution in [2.75, 3.05) is 20.2 Å². The highest BCUT2D eigenvalue weighted by Gasteiger charge is 2.22. The van der Waals surface area contributed by atoms with Gasteiger partial charge in [0.15, 0.2) is 0 Å². The number of ether oxygens (including phenoxy) is 1. The molecular weight excluding hydrogens is 276 g/mol. The molecule has 1 aromatic carbocycles. The molecule has 6 heteroatoms. The normalized spacial score (nSPS) is 12.2. The highest BCUT2D eigenvalue weighted by molar-refractivity contribution is 7.80. The average Bonchev–Trinajstić information content (AvgIpc) is 2.42. The van der Waals surface area contributed by atoms with Crippen molar-refractivity contribution in [3.8, 4) is 5.75 Å². The fourth-order valence-electron chi connectivity index (χ4n) is 2.08. The summed E-state index contributed by atoms with van der Waals surface area (Å²) in [6, 6.07) is 7.20. The molecular formula is C14H20N2O3S. The predicted molar refractivity (Wildman–Crippen MR) is 82.0 cm³/mol. The number of hydrogen-bond acceptors (Lipinski definition) is 4. The molecule has 5 nitrogen and oxygen atoms in total. The Labute approximate surface area is 124 Å². The molecule has 0 aromatic heterocycles. The summed E-state index contributed by atoms with van der Waals surface area (Å²) >= 11 is 5.15. The maximum absolute atomic E-state index is 10.7. The zero-order chi connectivity index (χ0) is 15.1. The van der Waals surface area contributed by atoms with E-state index in [1.807, 2.05) is 36.1 Å². The molecule has 0 heterocycles. The van der Waals surface area contributed by atoms with Gasteiger partial charge >= 0.3 is 5.97 Å². The number of thiocarbonyl (C=S) groups is 1. The number of nitrogens with zero attached hydrogens (tertiary/aromatic N) is 1. The number of carboxylic acids is 1. The summed E-state index contributed by atoms with van der Waals surface area (Å²) in [5, 5.41) is 8.82. The van der Waals surface area contributed by atoms with Gasteiger partial charge in [0.2, 0.25) is 0 Å². The number of likely N-dealkylation sites (N-methyl/N-ethyl adjacent to an activating group) is 1. The Morgan fingerprint density at radius 2 is 2.25 bits per heavy atom. The number of aliphatic carboxylic acids is 1. The monoisotopic (exact) mass is 296 g/mol. The lowest BCUT2D eigenvalue weighted by molar-refractivity contribution is -0.137. The van der Waals surface area contributed by atoms with Crippen LogP contribution in [0.4, 0.5) is 0 Å². The molecule has 0 saturated heterocycles. The van der Waals surface area contributed by atoms with Gasteiger partial charge in [-0.3, -0.25) is 9.69 Å². The molecule has 3 N–H and O–H groups in total. The molecule has 0 fully saturated rings. The molecule has 0 spiro atoms. The summed E-state index contributed by atoms with van der Waals surface area (Å²) in [5.41, 5.74) is 6.75. The van der Waals surface area contributed by atoms with Crippen LogP contribution in [0.5, 0.6) is 5.75 Å². The van der Waals surface area contributed by atoms with Crippen LogP contribution in [0, 0.1) is 0 Å². The van der Waals surface area contributed by atoms with Crippen molar-refractivity contribution in [2.24, 2.45) is 5.73 Å². The topological polar surface area (TPSA) is 75.8 Å². The first-order valence-corrected chi connectivity index (χ1v) is 6.79. The number of carboxylic acid groups (broad SMARTS) is 1. The van der Waals surface area contributed by atoms with Gasteiger partial charge in [-0.1, -0.05) is 31.3 Å². The van der Waals surface area contributed by atoms with E-state index in [-0.39, 0.29) is 12.5 Å². The molecule has 20 heavy (non-hydrogen) atoms. The van der Waals surface area contributed by atoms with Crippen LogP contribution in [0.2, 0.25) is 0 Å². The highest BCUT2D eigenvalue weighted by Crippen LogP contribution is 2.24. The van der Waals surface area contributed by atoms with E-state index in [0.717, 1.165) is 11.3 Å². The molecule has 0 radical (unpaired) electrons. The van der Waals surface area contributed by atoms with Crippen molar-refractivity contribution in [3.63, 3.8) is 0 Å². The predicted octanol–water partition coefficient (Wildman–Crippen LogP) is 1.82. The van der Waals surface area contributed by atoms with Gasteiger partial charge in [-0.15, -0.1) is 0 Å². The van der Waals surface area contributed by atoms with Crippen LogP contribution in [0.15, 0.2) is 24.3 Å². The molecule has 0 aliphatic heterocycles. The largest absolute Gasteiger partial charge is 0.497 e. The maximum Gasteiger partial charge on any atom is 0.304 e.